The van der Waals surface area contributed by atoms with Crippen molar-refractivity contribution in [3.05, 3.63) is 18.5 Å². The van der Waals surface area contributed by atoms with Gasteiger partial charge in [0.2, 0.25) is 0 Å². The minimum absolute atomic E-state index is 0.643. The van der Waals surface area contributed by atoms with E-state index in [0.29, 0.717) is 13.2 Å². The molecule has 0 atom stereocenters. The van der Waals surface area contributed by atoms with Gasteiger partial charge in [-0.2, -0.15) is 5.10 Å². The molecule has 0 saturated heterocycles. The smallest absolute Gasteiger partial charge is 0.191 e. The van der Waals surface area contributed by atoms with Crippen LogP contribution in [-0.4, -0.2) is 62.8 Å². The van der Waals surface area contributed by atoms with Gasteiger partial charge in [-0.25, -0.2) is 0 Å². The molecule has 0 amide bonds. The molecule has 0 spiro atoms. The Bertz CT molecular complexity index is 354. The van der Waals surface area contributed by atoms with E-state index in [1.165, 1.54) is 0 Å². The number of hydrogen-bond acceptors (Lipinski definition) is 4. The molecule has 0 bridgehead atoms. The molecule has 20 heavy (non-hydrogen) atoms. The van der Waals surface area contributed by atoms with Crippen LogP contribution in [0.3, 0.4) is 0 Å². The normalized spacial score (nSPS) is 11.6. The van der Waals surface area contributed by atoms with E-state index >= 15 is 0 Å². The van der Waals surface area contributed by atoms with Crippen molar-refractivity contribution < 1.29 is 9.47 Å². The number of ether oxygens (including phenoxy) is 2. The van der Waals surface area contributed by atoms with E-state index in [4.69, 9.17) is 9.47 Å². The topological polar surface area (TPSA) is 72.7 Å². The van der Waals surface area contributed by atoms with Gasteiger partial charge in [0.25, 0.3) is 0 Å². The zero-order chi connectivity index (χ0) is 14.5. The van der Waals surface area contributed by atoms with Crippen LogP contribution in [0.25, 0.3) is 0 Å². The Morgan fingerprint density at radius 1 is 1.25 bits per heavy atom. The molecule has 0 unspecified atom stereocenters. The summed E-state index contributed by atoms with van der Waals surface area (Å²) in [5.41, 5.74) is 0. The van der Waals surface area contributed by atoms with Crippen LogP contribution >= 0.6 is 0 Å². The summed E-state index contributed by atoms with van der Waals surface area (Å²) in [5, 5.41) is 10.6. The van der Waals surface area contributed by atoms with Crippen molar-refractivity contribution >= 4 is 5.96 Å². The third kappa shape index (κ3) is 7.75. The van der Waals surface area contributed by atoms with Crippen LogP contribution in [0.2, 0.25) is 0 Å². The van der Waals surface area contributed by atoms with Crippen LogP contribution in [0, 0.1) is 0 Å². The van der Waals surface area contributed by atoms with Gasteiger partial charge in [-0.15, -0.1) is 0 Å². The van der Waals surface area contributed by atoms with E-state index in [1.807, 2.05) is 16.9 Å². The first kappa shape index (κ1) is 16.5. The van der Waals surface area contributed by atoms with Gasteiger partial charge in [0.1, 0.15) is 0 Å². The van der Waals surface area contributed by atoms with Crippen molar-refractivity contribution in [1.29, 1.82) is 0 Å². The summed E-state index contributed by atoms with van der Waals surface area (Å²) in [4.78, 5) is 4.16. The summed E-state index contributed by atoms with van der Waals surface area (Å²) in [7, 11) is 3.43. The van der Waals surface area contributed by atoms with E-state index in [-0.39, 0.29) is 0 Å². The molecule has 7 heteroatoms. The molecule has 1 heterocycles. The van der Waals surface area contributed by atoms with Gasteiger partial charge in [0.05, 0.1) is 19.8 Å². The molecule has 7 nitrogen and oxygen atoms in total. The van der Waals surface area contributed by atoms with Crippen molar-refractivity contribution in [2.75, 3.05) is 47.1 Å². The van der Waals surface area contributed by atoms with Crippen LogP contribution in [-0.2, 0) is 16.0 Å². The lowest BCUT2D eigenvalue weighted by Gasteiger charge is -2.12. The van der Waals surface area contributed by atoms with Crippen molar-refractivity contribution in [3.8, 4) is 0 Å². The largest absolute Gasteiger partial charge is 0.382 e. The van der Waals surface area contributed by atoms with Crippen molar-refractivity contribution in [1.82, 2.24) is 20.4 Å². The summed E-state index contributed by atoms with van der Waals surface area (Å²) in [6.45, 7) is 4.44. The number of rotatable bonds is 10. The minimum Gasteiger partial charge on any atom is -0.382 e. The lowest BCUT2D eigenvalue weighted by atomic mass is 10.4. The number of nitrogens with zero attached hydrogens (tertiary/aromatic N) is 3. The van der Waals surface area contributed by atoms with Crippen LogP contribution < -0.4 is 10.6 Å². The highest BCUT2D eigenvalue weighted by atomic mass is 16.5. The van der Waals surface area contributed by atoms with Gasteiger partial charge < -0.3 is 20.1 Å². The standard InChI is InChI=1S/C13H25N5O2/c1-14-13(15-5-4-10-20-12-11-19-2)16-7-9-18-8-3-6-17-18/h3,6,8H,4-5,7,9-12H2,1-2H3,(H2,14,15,16). The number of aliphatic imine (C=N–C) groups is 1. The molecule has 1 rings (SSSR count). The number of nitrogens with one attached hydrogen (secondary N) is 2. The Kier molecular flexibility index (Phi) is 9.25. The first-order valence-electron chi connectivity index (χ1n) is 6.85. The maximum absolute atomic E-state index is 5.38. The molecule has 0 fully saturated rings. The second-order valence-electron chi connectivity index (χ2n) is 4.15. The Labute approximate surface area is 120 Å². The Morgan fingerprint density at radius 3 is 2.80 bits per heavy atom. The molecule has 1 aromatic heterocycles. The van der Waals surface area contributed by atoms with Gasteiger partial charge in [0, 0.05) is 46.2 Å². The van der Waals surface area contributed by atoms with Gasteiger partial charge in [-0.3, -0.25) is 9.67 Å². The molecular formula is C13H25N5O2. The maximum Gasteiger partial charge on any atom is 0.191 e. The highest BCUT2D eigenvalue weighted by Crippen LogP contribution is 1.84. The fourth-order valence-corrected chi connectivity index (χ4v) is 1.57. The molecule has 0 aromatic carbocycles. The predicted molar refractivity (Wildman–Crippen MR) is 78.9 cm³/mol. The second-order valence-corrected chi connectivity index (χ2v) is 4.15. The fourth-order valence-electron chi connectivity index (χ4n) is 1.57. The summed E-state index contributed by atoms with van der Waals surface area (Å²) in [6, 6.07) is 1.91. The van der Waals surface area contributed by atoms with E-state index < -0.39 is 0 Å². The SMILES string of the molecule is CN=C(NCCCOCCOC)NCCn1cccn1. The van der Waals surface area contributed by atoms with E-state index in [2.05, 4.69) is 20.7 Å². The van der Waals surface area contributed by atoms with Gasteiger partial charge in [0.15, 0.2) is 5.96 Å². The fraction of sp³-hybridized carbons (Fsp3) is 0.692. The first-order valence-corrected chi connectivity index (χ1v) is 6.85. The van der Waals surface area contributed by atoms with Crippen LogP contribution in [0.15, 0.2) is 23.5 Å². The van der Waals surface area contributed by atoms with E-state index in [0.717, 1.165) is 38.6 Å². The molecule has 2 N–H and O–H groups in total. The Balaban J connectivity index is 1.99. The quantitative estimate of drug-likeness (QED) is 0.362. The average Bonchev–Trinajstić information content (AvgIpc) is 2.97. The summed E-state index contributed by atoms with van der Waals surface area (Å²) < 4.78 is 12.2. The van der Waals surface area contributed by atoms with Gasteiger partial charge in [-0.05, 0) is 12.5 Å². The van der Waals surface area contributed by atoms with E-state index in [9.17, 15) is 0 Å². The predicted octanol–water partition coefficient (Wildman–Crippen LogP) is 0.101. The minimum atomic E-state index is 0.643. The Morgan fingerprint density at radius 2 is 2.10 bits per heavy atom. The van der Waals surface area contributed by atoms with Crippen LogP contribution in [0.1, 0.15) is 6.42 Å². The second kappa shape index (κ2) is 11.2. The molecular weight excluding hydrogens is 258 g/mol. The summed E-state index contributed by atoms with van der Waals surface area (Å²) >= 11 is 0. The Hall–Kier alpha value is -1.60. The first-order chi connectivity index (χ1) is 9.86. The molecule has 0 saturated carbocycles. The number of hydrogen-bond donors (Lipinski definition) is 2. The molecule has 0 aliphatic heterocycles. The lowest BCUT2D eigenvalue weighted by Crippen LogP contribution is -2.39. The van der Waals surface area contributed by atoms with Crippen molar-refractivity contribution in [3.63, 3.8) is 0 Å². The van der Waals surface area contributed by atoms with Crippen molar-refractivity contribution in [2.45, 2.75) is 13.0 Å². The number of aromatic nitrogens is 2. The maximum atomic E-state index is 5.38. The molecule has 1 aromatic rings. The van der Waals surface area contributed by atoms with Crippen LogP contribution in [0.4, 0.5) is 0 Å². The molecule has 114 valence electrons. The van der Waals surface area contributed by atoms with E-state index in [1.54, 1.807) is 20.4 Å². The summed E-state index contributed by atoms with van der Waals surface area (Å²) in [6.07, 6.45) is 4.65. The third-order valence-electron chi connectivity index (χ3n) is 2.61. The van der Waals surface area contributed by atoms with Crippen LogP contribution in [0.5, 0.6) is 0 Å². The molecule has 0 aliphatic carbocycles. The zero-order valence-corrected chi connectivity index (χ0v) is 12.3. The highest BCUT2D eigenvalue weighted by molar-refractivity contribution is 5.79. The monoisotopic (exact) mass is 283 g/mol. The van der Waals surface area contributed by atoms with Gasteiger partial charge >= 0.3 is 0 Å². The third-order valence-corrected chi connectivity index (χ3v) is 2.61. The highest BCUT2D eigenvalue weighted by Gasteiger charge is 1.97. The van der Waals surface area contributed by atoms with Gasteiger partial charge in [-0.1, -0.05) is 0 Å². The molecule has 0 radical (unpaired) electrons. The number of guanidine groups is 1. The number of methoxy groups -OCH3 is 1. The average molecular weight is 283 g/mol. The zero-order valence-electron chi connectivity index (χ0n) is 12.3. The molecule has 0 aliphatic rings. The lowest BCUT2D eigenvalue weighted by molar-refractivity contribution is 0.0698. The summed E-state index contributed by atoms with van der Waals surface area (Å²) in [5.74, 6) is 0.800. The van der Waals surface area contributed by atoms with Crippen molar-refractivity contribution in [2.24, 2.45) is 4.99 Å².